The van der Waals surface area contributed by atoms with E-state index in [2.05, 4.69) is 17.2 Å². The van der Waals surface area contributed by atoms with E-state index in [1.54, 1.807) is 18.2 Å². The number of hydrogen-bond donors (Lipinski definition) is 1. The van der Waals surface area contributed by atoms with Crippen molar-refractivity contribution in [2.45, 2.75) is 26.3 Å². The number of pyridine rings is 1. The summed E-state index contributed by atoms with van der Waals surface area (Å²) in [4.78, 5) is 4.53. The van der Waals surface area contributed by atoms with Crippen molar-refractivity contribution < 1.29 is 9.13 Å². The van der Waals surface area contributed by atoms with Gasteiger partial charge in [0, 0.05) is 11.3 Å². The van der Waals surface area contributed by atoms with Gasteiger partial charge in [-0.05, 0) is 38.1 Å². The Morgan fingerprint density at radius 3 is 2.67 bits per heavy atom. The number of aryl methyl sites for hydroxylation is 1. The molecule has 0 saturated carbocycles. The summed E-state index contributed by atoms with van der Waals surface area (Å²) in [5.74, 6) is -0.0830. The fourth-order valence-electron chi connectivity index (χ4n) is 2.30. The average molecular weight is 288 g/mol. The summed E-state index contributed by atoms with van der Waals surface area (Å²) in [6, 6.07) is 10.7. The lowest BCUT2D eigenvalue weighted by atomic mass is 10.0. The smallest absolute Gasteiger partial charge is 0.170 e. The molecule has 112 valence electrons. The number of methoxy groups -OCH3 is 1. The summed E-state index contributed by atoms with van der Waals surface area (Å²) in [5.41, 5.74) is 2.29. The molecule has 2 rings (SSSR count). The first-order chi connectivity index (χ1) is 10.2. The van der Waals surface area contributed by atoms with Gasteiger partial charge in [-0.3, -0.25) is 4.98 Å². The normalized spacial score (nSPS) is 12.2. The van der Waals surface area contributed by atoms with Crippen LogP contribution in [-0.2, 0) is 0 Å². The lowest BCUT2D eigenvalue weighted by Gasteiger charge is -2.20. The highest BCUT2D eigenvalue weighted by molar-refractivity contribution is 5.37. The molecule has 0 bridgehead atoms. The molecule has 2 aromatic rings. The molecule has 3 nitrogen and oxygen atoms in total. The Hall–Kier alpha value is -1.94. The molecule has 0 spiro atoms. The number of nitrogens with one attached hydrogen (secondary N) is 1. The first-order valence-corrected chi connectivity index (χ1v) is 7.16. The Bertz CT molecular complexity index is 601. The van der Waals surface area contributed by atoms with Crippen LogP contribution < -0.4 is 10.1 Å². The quantitative estimate of drug-likeness (QED) is 0.881. The van der Waals surface area contributed by atoms with Crippen molar-refractivity contribution in [2.24, 2.45) is 0 Å². The van der Waals surface area contributed by atoms with Crippen LogP contribution in [0.1, 0.15) is 36.3 Å². The highest BCUT2D eigenvalue weighted by atomic mass is 19.1. The lowest BCUT2D eigenvalue weighted by molar-refractivity contribution is 0.381. The van der Waals surface area contributed by atoms with Crippen LogP contribution in [0.4, 0.5) is 4.39 Å². The molecule has 4 heteroatoms. The molecular weight excluding hydrogens is 267 g/mol. The van der Waals surface area contributed by atoms with Crippen LogP contribution >= 0.6 is 0 Å². The van der Waals surface area contributed by atoms with E-state index in [4.69, 9.17) is 4.74 Å². The first kappa shape index (κ1) is 15.4. The third-order valence-corrected chi connectivity index (χ3v) is 3.33. The predicted octanol–water partition coefficient (Wildman–Crippen LogP) is 3.63. The first-order valence-electron chi connectivity index (χ1n) is 7.16. The maximum atomic E-state index is 14.5. The maximum absolute atomic E-state index is 14.5. The zero-order valence-electron chi connectivity index (χ0n) is 12.7. The largest absolute Gasteiger partial charge is 0.494 e. The SMILES string of the molecule is CCCNC(c1cccc(C)n1)c1cccc(OC)c1F. The van der Waals surface area contributed by atoms with Gasteiger partial charge < -0.3 is 10.1 Å². The second-order valence-corrected chi connectivity index (χ2v) is 4.95. The number of hydrogen-bond acceptors (Lipinski definition) is 3. The van der Waals surface area contributed by atoms with Crippen LogP contribution in [-0.4, -0.2) is 18.6 Å². The third-order valence-electron chi connectivity index (χ3n) is 3.33. The number of halogens is 1. The van der Waals surface area contributed by atoms with Gasteiger partial charge in [0.25, 0.3) is 0 Å². The summed E-state index contributed by atoms with van der Waals surface area (Å²) in [6.45, 7) is 4.80. The van der Waals surface area contributed by atoms with Gasteiger partial charge in [-0.1, -0.05) is 25.1 Å². The van der Waals surface area contributed by atoms with Crippen LogP contribution in [0.25, 0.3) is 0 Å². The summed E-state index contributed by atoms with van der Waals surface area (Å²) >= 11 is 0. The minimum atomic E-state index is -0.336. The van der Waals surface area contributed by atoms with E-state index in [1.807, 2.05) is 25.1 Å². The molecule has 0 radical (unpaired) electrons. The van der Waals surface area contributed by atoms with E-state index >= 15 is 0 Å². The fourth-order valence-corrected chi connectivity index (χ4v) is 2.30. The van der Waals surface area contributed by atoms with Gasteiger partial charge in [-0.2, -0.15) is 0 Å². The van der Waals surface area contributed by atoms with E-state index in [9.17, 15) is 4.39 Å². The van der Waals surface area contributed by atoms with Crippen molar-refractivity contribution in [3.63, 3.8) is 0 Å². The molecule has 0 aliphatic carbocycles. The monoisotopic (exact) mass is 288 g/mol. The van der Waals surface area contributed by atoms with Crippen molar-refractivity contribution in [3.8, 4) is 5.75 Å². The molecule has 0 saturated heterocycles. The number of nitrogens with zero attached hydrogens (tertiary/aromatic N) is 1. The standard InChI is InChI=1S/C17H21FN2O/c1-4-11-19-17(14-9-5-7-12(2)20-14)13-8-6-10-15(21-3)16(13)18/h5-10,17,19H,4,11H2,1-3H3. The summed E-state index contributed by atoms with van der Waals surface area (Å²) in [5, 5.41) is 3.36. The van der Waals surface area contributed by atoms with E-state index in [0.717, 1.165) is 24.4 Å². The second kappa shape index (κ2) is 7.18. The molecule has 0 aliphatic rings. The lowest BCUT2D eigenvalue weighted by Crippen LogP contribution is -2.25. The maximum Gasteiger partial charge on any atom is 0.170 e. The van der Waals surface area contributed by atoms with Gasteiger partial charge in [0.2, 0.25) is 0 Å². The molecule has 1 N–H and O–H groups in total. The molecule has 0 amide bonds. The number of rotatable bonds is 6. The van der Waals surface area contributed by atoms with Crippen LogP contribution in [0.5, 0.6) is 5.75 Å². The van der Waals surface area contributed by atoms with Crippen molar-refractivity contribution in [1.82, 2.24) is 10.3 Å². The molecular formula is C17H21FN2O. The second-order valence-electron chi connectivity index (χ2n) is 4.95. The Balaban J connectivity index is 2.45. The van der Waals surface area contributed by atoms with Crippen molar-refractivity contribution in [1.29, 1.82) is 0 Å². The van der Waals surface area contributed by atoms with Gasteiger partial charge in [-0.15, -0.1) is 0 Å². The number of ether oxygens (including phenoxy) is 1. The minimum Gasteiger partial charge on any atom is -0.494 e. The molecule has 1 aromatic heterocycles. The van der Waals surface area contributed by atoms with Gasteiger partial charge in [0.1, 0.15) is 0 Å². The van der Waals surface area contributed by atoms with Gasteiger partial charge in [0.05, 0.1) is 18.8 Å². The summed E-state index contributed by atoms with van der Waals surface area (Å²) < 4.78 is 19.6. The van der Waals surface area contributed by atoms with E-state index < -0.39 is 0 Å². The molecule has 1 aromatic carbocycles. The minimum absolute atomic E-state index is 0.253. The predicted molar refractivity (Wildman–Crippen MR) is 82.1 cm³/mol. The molecule has 0 fully saturated rings. The molecule has 1 unspecified atom stereocenters. The molecule has 1 atom stereocenters. The number of aromatic nitrogens is 1. The van der Waals surface area contributed by atoms with Crippen LogP contribution in [0.15, 0.2) is 36.4 Å². The van der Waals surface area contributed by atoms with E-state index in [0.29, 0.717) is 5.56 Å². The zero-order valence-corrected chi connectivity index (χ0v) is 12.7. The molecule has 1 heterocycles. The van der Waals surface area contributed by atoms with Crippen molar-refractivity contribution in [2.75, 3.05) is 13.7 Å². The van der Waals surface area contributed by atoms with Gasteiger partial charge >= 0.3 is 0 Å². The van der Waals surface area contributed by atoms with Crippen molar-refractivity contribution >= 4 is 0 Å². The highest BCUT2D eigenvalue weighted by Crippen LogP contribution is 2.28. The highest BCUT2D eigenvalue weighted by Gasteiger charge is 2.20. The molecule has 0 aliphatic heterocycles. The van der Waals surface area contributed by atoms with E-state index in [1.165, 1.54) is 7.11 Å². The van der Waals surface area contributed by atoms with Gasteiger partial charge in [-0.25, -0.2) is 4.39 Å². The van der Waals surface area contributed by atoms with Crippen LogP contribution in [0.3, 0.4) is 0 Å². The van der Waals surface area contributed by atoms with Crippen LogP contribution in [0.2, 0.25) is 0 Å². The Labute approximate surface area is 125 Å². The van der Waals surface area contributed by atoms with Crippen LogP contribution in [0, 0.1) is 12.7 Å². The third kappa shape index (κ3) is 3.58. The fraction of sp³-hybridized carbons (Fsp3) is 0.353. The molecule has 21 heavy (non-hydrogen) atoms. The van der Waals surface area contributed by atoms with Crippen molar-refractivity contribution in [3.05, 3.63) is 59.2 Å². The van der Waals surface area contributed by atoms with Gasteiger partial charge in [0.15, 0.2) is 11.6 Å². The summed E-state index contributed by atoms with van der Waals surface area (Å²) in [6.07, 6.45) is 0.966. The Morgan fingerprint density at radius 2 is 2.00 bits per heavy atom. The Morgan fingerprint density at radius 1 is 1.24 bits per heavy atom. The van der Waals surface area contributed by atoms with E-state index in [-0.39, 0.29) is 17.6 Å². The Kier molecular flexibility index (Phi) is 5.28. The number of benzene rings is 1. The zero-order chi connectivity index (χ0) is 15.2. The topological polar surface area (TPSA) is 34.2 Å². The summed E-state index contributed by atoms with van der Waals surface area (Å²) in [7, 11) is 1.47. The average Bonchev–Trinajstić information content (AvgIpc) is 2.49.